The Labute approximate surface area is 116 Å². The highest BCUT2D eigenvalue weighted by atomic mass is 14.9. The number of rotatable bonds is 14. The molecule has 1 unspecified atom stereocenters. The molecule has 18 heavy (non-hydrogen) atoms. The van der Waals surface area contributed by atoms with E-state index in [1.165, 1.54) is 77.0 Å². The summed E-state index contributed by atoms with van der Waals surface area (Å²) in [7, 11) is 0. The summed E-state index contributed by atoms with van der Waals surface area (Å²) in [6, 6.07) is 0.739. The first-order valence-electron chi connectivity index (χ1n) is 8.42. The Bertz CT molecular complexity index is 145. The highest BCUT2D eigenvalue weighted by Crippen LogP contribution is 2.12. The monoisotopic (exact) mass is 254 g/mol. The van der Waals surface area contributed by atoms with Crippen molar-refractivity contribution in [2.75, 3.05) is 0 Å². The van der Waals surface area contributed by atoms with Gasteiger partial charge < -0.3 is 5.32 Å². The molecule has 0 fully saturated rings. The van der Waals surface area contributed by atoms with Crippen LogP contribution in [0.4, 0.5) is 0 Å². The third kappa shape index (κ3) is 12.4. The molecule has 1 radical (unpaired) electrons. The van der Waals surface area contributed by atoms with Gasteiger partial charge in [0, 0.05) is 12.6 Å². The summed E-state index contributed by atoms with van der Waals surface area (Å²) in [5.74, 6) is 0. The van der Waals surface area contributed by atoms with Gasteiger partial charge >= 0.3 is 0 Å². The molecule has 0 spiro atoms. The molecule has 0 saturated carbocycles. The molecule has 1 atom stereocenters. The maximum absolute atomic E-state index is 3.67. The van der Waals surface area contributed by atoms with Crippen LogP contribution in [0.1, 0.15) is 97.8 Å². The van der Waals surface area contributed by atoms with Crippen molar-refractivity contribution < 1.29 is 0 Å². The van der Waals surface area contributed by atoms with Gasteiger partial charge in [-0.1, -0.05) is 78.6 Å². The van der Waals surface area contributed by atoms with Crippen LogP contribution in [0.15, 0.2) is 0 Å². The van der Waals surface area contributed by atoms with Crippen molar-refractivity contribution in [1.82, 2.24) is 5.32 Å². The maximum atomic E-state index is 3.67. The molecule has 1 heteroatoms. The molecule has 0 heterocycles. The standard InChI is InChI=1S/C17H36N/c1-4-7-10-12-15-17(14-9-6-3)18-16-13-11-8-5-2/h16-18H,4-15H2,1-3H3. The lowest BCUT2D eigenvalue weighted by molar-refractivity contribution is 0.439. The zero-order chi connectivity index (χ0) is 13.5. The van der Waals surface area contributed by atoms with Gasteiger partial charge in [0.2, 0.25) is 0 Å². The van der Waals surface area contributed by atoms with Crippen LogP contribution in [0.5, 0.6) is 0 Å². The predicted octanol–water partition coefficient (Wildman–Crippen LogP) is 5.85. The van der Waals surface area contributed by atoms with E-state index in [0.717, 1.165) is 6.04 Å². The van der Waals surface area contributed by atoms with E-state index in [0.29, 0.717) is 0 Å². The van der Waals surface area contributed by atoms with Crippen molar-refractivity contribution in [3.8, 4) is 0 Å². The molecule has 0 rings (SSSR count). The van der Waals surface area contributed by atoms with Crippen LogP contribution in [0.3, 0.4) is 0 Å². The van der Waals surface area contributed by atoms with Crippen molar-refractivity contribution in [2.45, 2.75) is 104 Å². The third-order valence-corrected chi connectivity index (χ3v) is 3.62. The van der Waals surface area contributed by atoms with Crippen LogP contribution >= 0.6 is 0 Å². The molecule has 0 aliphatic heterocycles. The Morgan fingerprint density at radius 3 is 2.00 bits per heavy atom. The fraction of sp³-hybridized carbons (Fsp3) is 0.941. The lowest BCUT2D eigenvalue weighted by Gasteiger charge is -2.18. The summed E-state index contributed by atoms with van der Waals surface area (Å²) >= 11 is 0. The minimum atomic E-state index is 0.739. The van der Waals surface area contributed by atoms with Gasteiger partial charge in [-0.25, -0.2) is 0 Å². The topological polar surface area (TPSA) is 12.0 Å². The quantitative estimate of drug-likeness (QED) is 0.384. The van der Waals surface area contributed by atoms with Crippen molar-refractivity contribution in [3.63, 3.8) is 0 Å². The van der Waals surface area contributed by atoms with Crippen molar-refractivity contribution in [1.29, 1.82) is 0 Å². The largest absolute Gasteiger partial charge is 0.310 e. The lowest BCUT2D eigenvalue weighted by Crippen LogP contribution is -2.26. The summed E-state index contributed by atoms with van der Waals surface area (Å²) in [6.07, 6.45) is 16.3. The summed E-state index contributed by atoms with van der Waals surface area (Å²) < 4.78 is 0. The van der Waals surface area contributed by atoms with E-state index in [-0.39, 0.29) is 0 Å². The molecule has 0 aromatic carbocycles. The lowest BCUT2D eigenvalue weighted by atomic mass is 10.0. The van der Waals surface area contributed by atoms with E-state index in [9.17, 15) is 0 Å². The third-order valence-electron chi connectivity index (χ3n) is 3.62. The average Bonchev–Trinajstić information content (AvgIpc) is 2.39. The molecule has 0 aromatic heterocycles. The highest BCUT2D eigenvalue weighted by Gasteiger charge is 2.06. The summed E-state index contributed by atoms with van der Waals surface area (Å²) in [5.41, 5.74) is 0. The van der Waals surface area contributed by atoms with Gasteiger partial charge in [-0.2, -0.15) is 0 Å². The number of hydrogen-bond donors (Lipinski definition) is 1. The second-order valence-electron chi connectivity index (χ2n) is 5.56. The predicted molar refractivity (Wildman–Crippen MR) is 83.6 cm³/mol. The molecular weight excluding hydrogens is 218 g/mol. The summed E-state index contributed by atoms with van der Waals surface area (Å²) in [4.78, 5) is 0. The van der Waals surface area contributed by atoms with Gasteiger partial charge in [0.15, 0.2) is 0 Å². The Kier molecular flexibility index (Phi) is 15.0. The van der Waals surface area contributed by atoms with E-state index < -0.39 is 0 Å². The zero-order valence-electron chi connectivity index (χ0n) is 13.1. The van der Waals surface area contributed by atoms with Gasteiger partial charge in [-0.05, 0) is 19.3 Å². The number of nitrogens with one attached hydrogen (secondary N) is 1. The van der Waals surface area contributed by atoms with Crippen LogP contribution in [0.25, 0.3) is 0 Å². The van der Waals surface area contributed by atoms with E-state index in [4.69, 9.17) is 0 Å². The maximum Gasteiger partial charge on any atom is 0.0223 e. The van der Waals surface area contributed by atoms with E-state index in [1.807, 2.05) is 0 Å². The minimum absolute atomic E-state index is 0.739. The Hall–Kier alpha value is -0.0400. The van der Waals surface area contributed by atoms with Crippen molar-refractivity contribution >= 4 is 0 Å². The van der Waals surface area contributed by atoms with Crippen LogP contribution < -0.4 is 5.32 Å². The SMILES string of the molecule is CCCCC[CH]NC(CCCC)CCCCCC. The summed E-state index contributed by atoms with van der Waals surface area (Å²) in [5, 5.41) is 3.67. The van der Waals surface area contributed by atoms with Crippen LogP contribution in [0, 0.1) is 6.54 Å². The first-order valence-corrected chi connectivity index (χ1v) is 8.42. The molecule has 109 valence electrons. The van der Waals surface area contributed by atoms with E-state index in [2.05, 4.69) is 32.6 Å². The van der Waals surface area contributed by atoms with Crippen LogP contribution in [-0.2, 0) is 0 Å². The van der Waals surface area contributed by atoms with E-state index >= 15 is 0 Å². The van der Waals surface area contributed by atoms with Gasteiger partial charge in [0.25, 0.3) is 0 Å². The van der Waals surface area contributed by atoms with E-state index in [1.54, 1.807) is 0 Å². The van der Waals surface area contributed by atoms with Gasteiger partial charge in [0.1, 0.15) is 0 Å². The molecule has 0 amide bonds. The Morgan fingerprint density at radius 2 is 1.33 bits per heavy atom. The van der Waals surface area contributed by atoms with Gasteiger partial charge in [-0.15, -0.1) is 0 Å². The van der Waals surface area contributed by atoms with Crippen LogP contribution in [-0.4, -0.2) is 6.04 Å². The molecule has 0 aromatic rings. The Morgan fingerprint density at radius 1 is 0.722 bits per heavy atom. The zero-order valence-corrected chi connectivity index (χ0v) is 13.1. The average molecular weight is 254 g/mol. The fourth-order valence-electron chi connectivity index (χ4n) is 2.33. The van der Waals surface area contributed by atoms with Gasteiger partial charge in [0.05, 0.1) is 0 Å². The van der Waals surface area contributed by atoms with Crippen molar-refractivity contribution in [2.24, 2.45) is 0 Å². The molecular formula is C17H36N. The van der Waals surface area contributed by atoms with Crippen LogP contribution in [0.2, 0.25) is 0 Å². The molecule has 0 saturated heterocycles. The molecule has 0 aliphatic rings. The molecule has 0 bridgehead atoms. The molecule has 0 aliphatic carbocycles. The molecule has 1 nitrogen and oxygen atoms in total. The Balaban J connectivity index is 3.56. The minimum Gasteiger partial charge on any atom is -0.310 e. The van der Waals surface area contributed by atoms with Gasteiger partial charge in [-0.3, -0.25) is 0 Å². The second kappa shape index (κ2) is 15.0. The fourth-order valence-corrected chi connectivity index (χ4v) is 2.33. The van der Waals surface area contributed by atoms with Crippen molar-refractivity contribution in [3.05, 3.63) is 6.54 Å². The summed E-state index contributed by atoms with van der Waals surface area (Å²) in [6.45, 7) is 9.18. The second-order valence-corrected chi connectivity index (χ2v) is 5.56. The number of unbranched alkanes of at least 4 members (excludes halogenated alkanes) is 7. The highest BCUT2D eigenvalue weighted by molar-refractivity contribution is 4.73. The first kappa shape index (κ1) is 18.0. The number of hydrogen-bond acceptors (Lipinski definition) is 1. The normalized spacial score (nSPS) is 12.8. The smallest absolute Gasteiger partial charge is 0.0223 e. The first-order chi connectivity index (χ1) is 8.85. The molecule has 1 N–H and O–H groups in total.